The Labute approximate surface area is 151 Å². The number of phenolic OH excluding ortho intramolecular Hbond substituents is 1. The molecule has 26 heavy (non-hydrogen) atoms. The summed E-state index contributed by atoms with van der Waals surface area (Å²) in [6, 6.07) is 13.0. The van der Waals surface area contributed by atoms with Crippen LogP contribution in [-0.2, 0) is 4.79 Å². The van der Waals surface area contributed by atoms with E-state index in [4.69, 9.17) is 9.47 Å². The van der Waals surface area contributed by atoms with Crippen molar-refractivity contribution in [3.8, 4) is 17.2 Å². The molecule has 0 spiro atoms. The van der Waals surface area contributed by atoms with Gasteiger partial charge in [-0.05, 0) is 49.4 Å². The molecule has 2 aromatic carbocycles. The Kier molecular flexibility index (Phi) is 7.30. The van der Waals surface area contributed by atoms with Crippen molar-refractivity contribution in [3.05, 3.63) is 54.1 Å². The zero-order valence-corrected chi connectivity index (χ0v) is 14.5. The fraction of sp³-hybridized carbons (Fsp3) is 0.263. The third-order valence-electron chi connectivity index (χ3n) is 3.35. The Hall–Kier alpha value is -3.22. The lowest BCUT2D eigenvalue weighted by atomic mass is 10.2. The second kappa shape index (κ2) is 9.93. The quantitative estimate of drug-likeness (QED) is 0.593. The lowest BCUT2D eigenvalue weighted by Crippen LogP contribution is -2.36. The average Bonchev–Trinajstić information content (AvgIpc) is 2.65. The monoisotopic (exact) mass is 358 g/mol. The van der Waals surface area contributed by atoms with Crippen LogP contribution < -0.4 is 20.1 Å². The maximum Gasteiger partial charge on any atom is 0.258 e. The number of hydrogen-bond donors (Lipinski definition) is 3. The molecule has 0 saturated heterocycles. The van der Waals surface area contributed by atoms with Gasteiger partial charge in [-0.3, -0.25) is 9.59 Å². The smallest absolute Gasteiger partial charge is 0.258 e. The number of phenols is 1. The number of hydrogen-bond acceptors (Lipinski definition) is 5. The fourth-order valence-corrected chi connectivity index (χ4v) is 2.13. The largest absolute Gasteiger partial charge is 0.508 e. The summed E-state index contributed by atoms with van der Waals surface area (Å²) < 4.78 is 10.7. The molecule has 0 aliphatic carbocycles. The van der Waals surface area contributed by atoms with Crippen molar-refractivity contribution in [3.63, 3.8) is 0 Å². The van der Waals surface area contributed by atoms with Gasteiger partial charge in [-0.25, -0.2) is 0 Å². The molecule has 0 fully saturated rings. The predicted molar refractivity (Wildman–Crippen MR) is 96.6 cm³/mol. The van der Waals surface area contributed by atoms with Crippen molar-refractivity contribution in [2.24, 2.45) is 0 Å². The first-order valence-electron chi connectivity index (χ1n) is 8.28. The summed E-state index contributed by atoms with van der Waals surface area (Å²) in [5.74, 6) is 0.733. The van der Waals surface area contributed by atoms with E-state index in [0.29, 0.717) is 17.9 Å². The van der Waals surface area contributed by atoms with Crippen LogP contribution in [0.1, 0.15) is 17.3 Å². The minimum absolute atomic E-state index is 0.0254. The van der Waals surface area contributed by atoms with Gasteiger partial charge in [0, 0.05) is 18.7 Å². The number of carbonyl (C=O) groups is 2. The molecule has 0 aromatic heterocycles. The summed E-state index contributed by atoms with van der Waals surface area (Å²) in [4.78, 5) is 23.6. The number of benzene rings is 2. The molecule has 0 aliphatic heterocycles. The zero-order chi connectivity index (χ0) is 18.8. The van der Waals surface area contributed by atoms with Crippen molar-refractivity contribution in [2.75, 3.05) is 26.3 Å². The van der Waals surface area contributed by atoms with Gasteiger partial charge in [0.1, 0.15) is 17.2 Å². The molecule has 2 aromatic rings. The van der Waals surface area contributed by atoms with Crippen LogP contribution in [0, 0.1) is 0 Å². The van der Waals surface area contributed by atoms with Crippen molar-refractivity contribution in [2.45, 2.75) is 6.92 Å². The molecule has 0 atom stereocenters. The lowest BCUT2D eigenvalue weighted by Gasteiger charge is -2.09. The normalized spacial score (nSPS) is 10.0. The van der Waals surface area contributed by atoms with E-state index < -0.39 is 0 Å². The van der Waals surface area contributed by atoms with E-state index >= 15 is 0 Å². The van der Waals surface area contributed by atoms with Gasteiger partial charge in [0.25, 0.3) is 11.8 Å². The standard InChI is InChI=1S/C19H22N2O5/c1-2-25-16-6-8-17(9-7-16)26-13-18(23)20-10-11-21-19(24)14-4-3-5-15(22)12-14/h3-9,12,22H,2,10-11,13H2,1H3,(H,20,23)(H,21,24). The minimum Gasteiger partial charge on any atom is -0.508 e. The van der Waals surface area contributed by atoms with E-state index in [1.54, 1.807) is 36.4 Å². The second-order valence-corrected chi connectivity index (χ2v) is 5.35. The molecule has 7 heteroatoms. The minimum atomic E-state index is -0.319. The van der Waals surface area contributed by atoms with E-state index in [2.05, 4.69) is 10.6 Å². The van der Waals surface area contributed by atoms with Crippen molar-refractivity contribution in [1.29, 1.82) is 0 Å². The highest BCUT2D eigenvalue weighted by Gasteiger charge is 2.06. The summed E-state index contributed by atoms with van der Waals surface area (Å²) >= 11 is 0. The summed E-state index contributed by atoms with van der Waals surface area (Å²) in [5, 5.41) is 14.6. The number of carbonyl (C=O) groups excluding carboxylic acids is 2. The van der Waals surface area contributed by atoms with Crippen LogP contribution in [0.5, 0.6) is 17.2 Å². The van der Waals surface area contributed by atoms with Crippen LogP contribution in [0.15, 0.2) is 48.5 Å². The van der Waals surface area contributed by atoms with E-state index in [1.807, 2.05) is 6.92 Å². The van der Waals surface area contributed by atoms with Gasteiger partial charge in [-0.1, -0.05) is 6.07 Å². The Balaban J connectivity index is 1.63. The van der Waals surface area contributed by atoms with Crippen molar-refractivity contribution < 1.29 is 24.2 Å². The molecule has 0 radical (unpaired) electrons. The van der Waals surface area contributed by atoms with Crippen LogP contribution in [0.25, 0.3) is 0 Å². The summed E-state index contributed by atoms with van der Waals surface area (Å²) in [7, 11) is 0. The molecule has 2 amide bonds. The van der Waals surface area contributed by atoms with Crippen LogP contribution in [-0.4, -0.2) is 43.2 Å². The second-order valence-electron chi connectivity index (χ2n) is 5.35. The molecule has 0 unspecified atom stereocenters. The predicted octanol–water partition coefficient (Wildman–Crippen LogP) is 1.72. The number of amides is 2. The SMILES string of the molecule is CCOc1ccc(OCC(=O)NCCNC(=O)c2cccc(O)c2)cc1. The molecule has 2 rings (SSSR count). The fourth-order valence-electron chi connectivity index (χ4n) is 2.13. The van der Waals surface area contributed by atoms with Crippen LogP contribution in [0.3, 0.4) is 0 Å². The Bertz CT molecular complexity index is 731. The first-order valence-corrected chi connectivity index (χ1v) is 8.28. The van der Waals surface area contributed by atoms with Crippen molar-refractivity contribution >= 4 is 11.8 Å². The van der Waals surface area contributed by atoms with Gasteiger partial charge in [0.05, 0.1) is 6.61 Å². The number of nitrogens with one attached hydrogen (secondary N) is 2. The molecule has 0 saturated carbocycles. The number of ether oxygens (including phenoxy) is 2. The zero-order valence-electron chi connectivity index (χ0n) is 14.5. The number of rotatable bonds is 9. The molecular formula is C19H22N2O5. The highest BCUT2D eigenvalue weighted by Crippen LogP contribution is 2.17. The third kappa shape index (κ3) is 6.35. The summed E-state index contributed by atoms with van der Waals surface area (Å²) in [5.41, 5.74) is 0.357. The first-order chi connectivity index (χ1) is 12.6. The van der Waals surface area contributed by atoms with E-state index in [9.17, 15) is 14.7 Å². The van der Waals surface area contributed by atoms with Gasteiger partial charge >= 0.3 is 0 Å². The lowest BCUT2D eigenvalue weighted by molar-refractivity contribution is -0.123. The molecule has 0 aliphatic rings. The first kappa shape index (κ1) is 19.1. The summed E-state index contributed by atoms with van der Waals surface area (Å²) in [6.07, 6.45) is 0. The Morgan fingerprint density at radius 2 is 1.62 bits per heavy atom. The Morgan fingerprint density at radius 1 is 0.962 bits per heavy atom. The summed E-state index contributed by atoms with van der Waals surface area (Å²) in [6.45, 7) is 2.92. The number of aromatic hydroxyl groups is 1. The van der Waals surface area contributed by atoms with Crippen molar-refractivity contribution in [1.82, 2.24) is 10.6 Å². The van der Waals surface area contributed by atoms with Gasteiger partial charge in [-0.2, -0.15) is 0 Å². The molecule has 0 bridgehead atoms. The van der Waals surface area contributed by atoms with E-state index in [1.165, 1.54) is 12.1 Å². The van der Waals surface area contributed by atoms with Crippen LogP contribution in [0.2, 0.25) is 0 Å². The highest BCUT2D eigenvalue weighted by molar-refractivity contribution is 5.94. The molecule has 138 valence electrons. The van der Waals surface area contributed by atoms with Gasteiger partial charge in [-0.15, -0.1) is 0 Å². The van der Waals surface area contributed by atoms with Gasteiger partial charge in [0.15, 0.2) is 6.61 Å². The van der Waals surface area contributed by atoms with Crippen LogP contribution >= 0.6 is 0 Å². The molecule has 0 heterocycles. The maximum atomic E-state index is 11.9. The van der Waals surface area contributed by atoms with E-state index in [0.717, 1.165) is 5.75 Å². The topological polar surface area (TPSA) is 96.9 Å². The third-order valence-corrected chi connectivity index (χ3v) is 3.35. The maximum absolute atomic E-state index is 11.9. The van der Waals surface area contributed by atoms with Gasteiger partial charge < -0.3 is 25.2 Å². The molecular weight excluding hydrogens is 336 g/mol. The molecule has 7 nitrogen and oxygen atoms in total. The van der Waals surface area contributed by atoms with Gasteiger partial charge in [0.2, 0.25) is 0 Å². The van der Waals surface area contributed by atoms with E-state index in [-0.39, 0.29) is 37.3 Å². The Morgan fingerprint density at radius 3 is 2.27 bits per heavy atom. The molecule has 3 N–H and O–H groups in total. The average molecular weight is 358 g/mol. The highest BCUT2D eigenvalue weighted by atomic mass is 16.5. The van der Waals surface area contributed by atoms with Crippen LogP contribution in [0.4, 0.5) is 0 Å².